The molecule has 3 aromatic carbocycles. The summed E-state index contributed by atoms with van der Waals surface area (Å²) in [6, 6.07) is 24.1. The van der Waals surface area contributed by atoms with Gasteiger partial charge >= 0.3 is 0 Å². The van der Waals surface area contributed by atoms with Crippen molar-refractivity contribution in [3.05, 3.63) is 88.4 Å². The fraction of sp³-hybridized carbons (Fsp3) is 0.0500. The van der Waals surface area contributed by atoms with E-state index in [-0.39, 0.29) is 0 Å². The molecule has 5 heteroatoms. The molecule has 3 nitrogen and oxygen atoms in total. The lowest BCUT2D eigenvalue weighted by Gasteiger charge is -2.14. The Morgan fingerprint density at radius 1 is 0.960 bits per heavy atom. The van der Waals surface area contributed by atoms with E-state index < -0.39 is 0 Å². The van der Waals surface area contributed by atoms with Crippen LogP contribution in [0.25, 0.3) is 0 Å². The number of hydrogen-bond acceptors (Lipinski definition) is 3. The Morgan fingerprint density at radius 2 is 1.68 bits per heavy atom. The quantitative estimate of drug-likeness (QED) is 0.311. The van der Waals surface area contributed by atoms with Crippen molar-refractivity contribution in [2.45, 2.75) is 11.8 Å². The first-order chi connectivity index (χ1) is 12.1. The number of para-hydroxylation sites is 1. The number of amidine groups is 1. The Bertz CT molecular complexity index is 894. The number of rotatable bonds is 5. The lowest BCUT2D eigenvalue weighted by atomic mass is 10.1. The second-order valence-electron chi connectivity index (χ2n) is 5.51. The zero-order valence-electron chi connectivity index (χ0n) is 13.7. The van der Waals surface area contributed by atoms with Gasteiger partial charge in [0, 0.05) is 32.6 Å². The van der Waals surface area contributed by atoms with Crippen LogP contribution in [-0.4, -0.2) is 5.84 Å². The zero-order chi connectivity index (χ0) is 17.6. The van der Waals surface area contributed by atoms with Gasteiger partial charge < -0.3 is 11.1 Å². The average Bonchev–Trinajstić information content (AvgIpc) is 2.63. The lowest BCUT2D eigenvalue weighted by Crippen LogP contribution is -2.14. The van der Waals surface area contributed by atoms with Crippen LogP contribution in [-0.2, 0) is 0 Å². The van der Waals surface area contributed by atoms with Crippen LogP contribution in [0.5, 0.6) is 0 Å². The molecule has 0 aromatic heterocycles. The predicted molar refractivity (Wildman–Crippen MR) is 112 cm³/mol. The molecule has 0 radical (unpaired) electrons. The van der Waals surface area contributed by atoms with Crippen LogP contribution in [0.1, 0.15) is 11.1 Å². The molecule has 126 valence electrons. The molecule has 0 saturated carbocycles. The molecule has 0 bridgehead atoms. The Morgan fingerprint density at radius 3 is 2.44 bits per heavy atom. The number of nitrogens with zero attached hydrogens (tertiary/aromatic N) is 1. The van der Waals surface area contributed by atoms with Crippen molar-refractivity contribution in [3.8, 4) is 0 Å². The van der Waals surface area contributed by atoms with Crippen molar-refractivity contribution in [2.75, 3.05) is 5.32 Å². The first kappa shape index (κ1) is 17.6. The van der Waals surface area contributed by atoms with Gasteiger partial charge in [0.25, 0.3) is 0 Å². The van der Waals surface area contributed by atoms with Gasteiger partial charge in [-0.3, -0.25) is 0 Å². The van der Waals surface area contributed by atoms with Gasteiger partial charge in [-0.25, -0.2) is 0 Å². The minimum atomic E-state index is 0.484. The Hall–Kier alpha value is -2.24. The summed E-state index contributed by atoms with van der Waals surface area (Å²) in [4.78, 5) is 1.05. The highest BCUT2D eigenvalue weighted by Crippen LogP contribution is 2.28. The molecule has 25 heavy (non-hydrogen) atoms. The molecular weight excluding hydrogens is 394 g/mol. The van der Waals surface area contributed by atoms with E-state index in [4.69, 9.17) is 5.73 Å². The van der Waals surface area contributed by atoms with Gasteiger partial charge in [-0.05, 0) is 48.9 Å². The van der Waals surface area contributed by atoms with Crippen molar-refractivity contribution in [1.29, 1.82) is 0 Å². The first-order valence-electron chi connectivity index (χ1n) is 7.81. The number of anilines is 2. The number of nitrogens with two attached hydrogens (primary N) is 1. The summed E-state index contributed by atoms with van der Waals surface area (Å²) in [5.41, 5.74) is 10.3. The molecule has 0 spiro atoms. The van der Waals surface area contributed by atoms with Crippen LogP contribution < -0.4 is 11.1 Å². The normalized spacial score (nSPS) is 11.4. The van der Waals surface area contributed by atoms with E-state index in [1.54, 1.807) is 0 Å². The monoisotopic (exact) mass is 411 g/mol. The van der Waals surface area contributed by atoms with Crippen LogP contribution in [0.3, 0.4) is 0 Å². The van der Waals surface area contributed by atoms with Crippen molar-refractivity contribution in [1.82, 2.24) is 0 Å². The summed E-state index contributed by atoms with van der Waals surface area (Å²) in [5.74, 6) is 0.484. The molecule has 0 fully saturated rings. The summed E-state index contributed by atoms with van der Waals surface area (Å²) in [6.07, 6.45) is 0. The highest BCUT2D eigenvalue weighted by atomic mass is 79.9. The fourth-order valence-corrected chi connectivity index (χ4v) is 3.28. The number of nitrogens with one attached hydrogen (secondary N) is 1. The second-order valence-corrected chi connectivity index (χ2v) is 7.26. The molecule has 3 aromatic rings. The van der Waals surface area contributed by atoms with E-state index >= 15 is 0 Å². The van der Waals surface area contributed by atoms with E-state index in [2.05, 4.69) is 38.6 Å². The third kappa shape index (κ3) is 4.65. The standard InChI is InChI=1S/C20H18BrN3S/c1-14-7-5-6-10-18(14)23-19-13-15(21)11-12-17(19)20(22)24-25-16-8-3-2-4-9-16/h2-13,23H,1H3,(H2,22,24). The zero-order valence-corrected chi connectivity index (χ0v) is 16.1. The predicted octanol–water partition coefficient (Wildman–Crippen LogP) is 5.91. The van der Waals surface area contributed by atoms with Crippen molar-refractivity contribution < 1.29 is 0 Å². The minimum Gasteiger partial charge on any atom is -0.383 e. The molecule has 0 aliphatic rings. The highest BCUT2D eigenvalue weighted by Gasteiger charge is 2.09. The van der Waals surface area contributed by atoms with Crippen LogP contribution in [0.15, 0.2) is 86.6 Å². The summed E-state index contributed by atoms with van der Waals surface area (Å²) in [6.45, 7) is 2.07. The van der Waals surface area contributed by atoms with Crippen LogP contribution in [0, 0.1) is 6.92 Å². The summed E-state index contributed by atoms with van der Waals surface area (Å²) < 4.78 is 5.46. The van der Waals surface area contributed by atoms with Gasteiger partial charge in [-0.2, -0.15) is 4.40 Å². The maximum absolute atomic E-state index is 6.26. The van der Waals surface area contributed by atoms with Gasteiger partial charge in [-0.1, -0.05) is 52.3 Å². The van der Waals surface area contributed by atoms with E-state index in [1.165, 1.54) is 17.5 Å². The molecule has 0 unspecified atom stereocenters. The van der Waals surface area contributed by atoms with E-state index in [1.807, 2.05) is 66.7 Å². The van der Waals surface area contributed by atoms with E-state index in [0.717, 1.165) is 26.3 Å². The Labute approximate surface area is 160 Å². The maximum atomic E-state index is 6.26. The van der Waals surface area contributed by atoms with Crippen molar-refractivity contribution in [3.63, 3.8) is 0 Å². The summed E-state index contributed by atoms with van der Waals surface area (Å²) in [5, 5.41) is 3.46. The molecule has 3 rings (SSSR count). The van der Waals surface area contributed by atoms with Gasteiger partial charge in [-0.15, -0.1) is 0 Å². The van der Waals surface area contributed by atoms with Gasteiger partial charge in [0.05, 0.1) is 5.69 Å². The molecule has 0 amide bonds. The molecule has 0 atom stereocenters. The first-order valence-corrected chi connectivity index (χ1v) is 9.38. The molecular formula is C20H18BrN3S. The van der Waals surface area contributed by atoms with Crippen molar-refractivity contribution in [2.24, 2.45) is 10.1 Å². The molecule has 0 aliphatic carbocycles. The largest absolute Gasteiger partial charge is 0.383 e. The summed E-state index contributed by atoms with van der Waals surface area (Å²) >= 11 is 4.90. The Kier molecular flexibility index (Phi) is 5.79. The highest BCUT2D eigenvalue weighted by molar-refractivity contribution is 9.10. The number of hydrogen-bond donors (Lipinski definition) is 2. The van der Waals surface area contributed by atoms with Crippen LogP contribution in [0.4, 0.5) is 11.4 Å². The average molecular weight is 412 g/mol. The van der Waals surface area contributed by atoms with Gasteiger partial charge in [0.2, 0.25) is 0 Å². The number of benzene rings is 3. The summed E-state index contributed by atoms with van der Waals surface area (Å²) in [7, 11) is 0. The third-order valence-corrected chi connectivity index (χ3v) is 4.93. The topological polar surface area (TPSA) is 50.4 Å². The van der Waals surface area contributed by atoms with Crippen LogP contribution >= 0.6 is 27.9 Å². The van der Waals surface area contributed by atoms with Crippen LogP contribution in [0.2, 0.25) is 0 Å². The number of aryl methyl sites for hydroxylation is 1. The Balaban J connectivity index is 1.89. The molecule has 0 heterocycles. The maximum Gasteiger partial charge on any atom is 0.141 e. The fourth-order valence-electron chi connectivity index (χ4n) is 2.33. The SMILES string of the molecule is Cc1ccccc1Nc1cc(Br)ccc1/C(N)=N/Sc1ccccc1. The molecule has 0 aliphatic heterocycles. The van der Waals surface area contributed by atoms with E-state index in [0.29, 0.717) is 5.84 Å². The van der Waals surface area contributed by atoms with E-state index in [9.17, 15) is 0 Å². The minimum absolute atomic E-state index is 0.484. The molecule has 0 saturated heterocycles. The number of halogens is 1. The molecule has 3 N–H and O–H groups in total. The van der Waals surface area contributed by atoms with Gasteiger partial charge in [0.15, 0.2) is 0 Å². The third-order valence-electron chi connectivity index (χ3n) is 3.66. The lowest BCUT2D eigenvalue weighted by molar-refractivity contribution is 1.41. The second kappa shape index (κ2) is 8.23. The van der Waals surface area contributed by atoms with Crippen molar-refractivity contribution >= 4 is 45.1 Å². The van der Waals surface area contributed by atoms with Gasteiger partial charge in [0.1, 0.15) is 5.84 Å². The smallest absolute Gasteiger partial charge is 0.141 e.